The van der Waals surface area contributed by atoms with E-state index in [-0.39, 0.29) is 0 Å². The van der Waals surface area contributed by atoms with E-state index in [1.165, 1.54) is 14.0 Å². The van der Waals surface area contributed by atoms with Crippen LogP contribution in [0.4, 0.5) is 5.69 Å². The van der Waals surface area contributed by atoms with Crippen molar-refractivity contribution in [1.29, 1.82) is 0 Å². The molecule has 2 rings (SSSR count). The van der Waals surface area contributed by atoms with Gasteiger partial charge in [-0.05, 0) is 56.3 Å². The van der Waals surface area contributed by atoms with Gasteiger partial charge in [0.25, 0.3) is 5.91 Å². The van der Waals surface area contributed by atoms with Crippen LogP contribution in [0.15, 0.2) is 42.5 Å². The third-order valence-corrected chi connectivity index (χ3v) is 3.71. The Hall–Kier alpha value is -2.73. The van der Waals surface area contributed by atoms with Crippen LogP contribution < -0.4 is 14.8 Å². The first kappa shape index (κ1) is 19.6. The highest BCUT2D eigenvalue weighted by Crippen LogP contribution is 2.27. The molecular formula is C19H20ClNO5. The lowest BCUT2D eigenvalue weighted by Crippen LogP contribution is -2.30. The summed E-state index contributed by atoms with van der Waals surface area (Å²) in [5.41, 5.74) is 0.724. The molecule has 0 bridgehead atoms. The van der Waals surface area contributed by atoms with Crippen LogP contribution in [0.3, 0.4) is 0 Å². The van der Waals surface area contributed by atoms with Crippen molar-refractivity contribution in [2.75, 3.05) is 19.0 Å². The van der Waals surface area contributed by atoms with E-state index in [0.717, 1.165) is 0 Å². The zero-order valence-electron chi connectivity index (χ0n) is 14.7. The number of halogens is 1. The normalized spacial score (nSPS) is 11.4. The molecule has 6 nitrogen and oxygen atoms in total. The number of methoxy groups -OCH3 is 1. The summed E-state index contributed by atoms with van der Waals surface area (Å²) in [6.45, 7) is 3.89. The Morgan fingerprint density at radius 1 is 1.15 bits per heavy atom. The summed E-state index contributed by atoms with van der Waals surface area (Å²) >= 11 is 5.93. The first-order chi connectivity index (χ1) is 12.4. The summed E-state index contributed by atoms with van der Waals surface area (Å²) in [5, 5.41) is 3.08. The van der Waals surface area contributed by atoms with Crippen molar-refractivity contribution in [2.45, 2.75) is 20.0 Å². The summed E-state index contributed by atoms with van der Waals surface area (Å²) in [6, 6.07) is 11.3. The van der Waals surface area contributed by atoms with Gasteiger partial charge in [-0.3, -0.25) is 4.79 Å². The van der Waals surface area contributed by atoms with E-state index in [1.807, 2.05) is 6.92 Å². The first-order valence-corrected chi connectivity index (χ1v) is 8.40. The average Bonchev–Trinajstić information content (AvgIpc) is 2.62. The number of carbonyl (C=O) groups excluding carboxylic acids is 2. The molecule has 26 heavy (non-hydrogen) atoms. The molecule has 0 radical (unpaired) electrons. The number of benzene rings is 2. The summed E-state index contributed by atoms with van der Waals surface area (Å²) in [5.74, 6) is 0.00860. The second-order valence-corrected chi connectivity index (χ2v) is 5.78. The van der Waals surface area contributed by atoms with Gasteiger partial charge in [0.05, 0.1) is 25.0 Å². The molecule has 2 aromatic rings. The highest BCUT2D eigenvalue weighted by molar-refractivity contribution is 6.31. The highest BCUT2D eigenvalue weighted by atomic mass is 35.5. The number of rotatable bonds is 7. The summed E-state index contributed by atoms with van der Waals surface area (Å²) in [6.07, 6.45) is -1.00. The van der Waals surface area contributed by atoms with Crippen molar-refractivity contribution in [1.82, 2.24) is 0 Å². The van der Waals surface area contributed by atoms with E-state index in [9.17, 15) is 9.59 Å². The third-order valence-electron chi connectivity index (χ3n) is 3.47. The number of amides is 1. The molecule has 0 fully saturated rings. The van der Waals surface area contributed by atoms with Gasteiger partial charge >= 0.3 is 5.97 Å². The predicted octanol–water partition coefficient (Wildman–Crippen LogP) is 3.93. The van der Waals surface area contributed by atoms with Gasteiger partial charge < -0.3 is 19.5 Å². The van der Waals surface area contributed by atoms with Crippen LogP contribution in [0.25, 0.3) is 0 Å². The maximum Gasteiger partial charge on any atom is 0.338 e. The fourth-order valence-corrected chi connectivity index (χ4v) is 2.32. The first-order valence-electron chi connectivity index (χ1n) is 8.02. The molecule has 2 aromatic carbocycles. The lowest BCUT2D eigenvalue weighted by Gasteiger charge is -2.15. The molecule has 1 amide bonds. The lowest BCUT2D eigenvalue weighted by atomic mass is 10.2. The van der Waals surface area contributed by atoms with Gasteiger partial charge in [0, 0.05) is 5.02 Å². The van der Waals surface area contributed by atoms with Crippen molar-refractivity contribution in [3.63, 3.8) is 0 Å². The number of nitrogens with one attached hydrogen (secondary N) is 1. The Balaban J connectivity index is 2.00. The Labute approximate surface area is 157 Å². The maximum absolute atomic E-state index is 12.3. The summed E-state index contributed by atoms with van der Waals surface area (Å²) < 4.78 is 15.7. The molecule has 0 spiro atoms. The van der Waals surface area contributed by atoms with Crippen molar-refractivity contribution in [3.8, 4) is 11.5 Å². The minimum absolute atomic E-state index is 0.327. The maximum atomic E-state index is 12.3. The summed E-state index contributed by atoms with van der Waals surface area (Å²) in [4.78, 5) is 24.5. The average molecular weight is 378 g/mol. The van der Waals surface area contributed by atoms with Gasteiger partial charge in [0.15, 0.2) is 6.10 Å². The van der Waals surface area contributed by atoms with Crippen LogP contribution in [0.2, 0.25) is 5.02 Å². The van der Waals surface area contributed by atoms with E-state index < -0.39 is 18.0 Å². The molecule has 1 N–H and O–H groups in total. The zero-order valence-corrected chi connectivity index (χ0v) is 15.5. The molecule has 0 saturated carbocycles. The van der Waals surface area contributed by atoms with Crippen molar-refractivity contribution in [2.24, 2.45) is 0 Å². The number of esters is 1. The largest absolute Gasteiger partial charge is 0.495 e. The van der Waals surface area contributed by atoms with Gasteiger partial charge in [-0.25, -0.2) is 4.79 Å². The Morgan fingerprint density at radius 2 is 1.85 bits per heavy atom. The minimum Gasteiger partial charge on any atom is -0.495 e. The number of carbonyl (C=O) groups is 2. The lowest BCUT2D eigenvalue weighted by molar-refractivity contribution is -0.123. The molecule has 0 heterocycles. The second-order valence-electron chi connectivity index (χ2n) is 5.34. The molecule has 0 aliphatic carbocycles. The molecule has 0 aliphatic heterocycles. The van der Waals surface area contributed by atoms with Crippen molar-refractivity contribution in [3.05, 3.63) is 53.1 Å². The Bertz CT molecular complexity index is 776. The van der Waals surface area contributed by atoms with E-state index >= 15 is 0 Å². The number of hydrogen-bond acceptors (Lipinski definition) is 5. The highest BCUT2D eigenvalue weighted by Gasteiger charge is 2.20. The van der Waals surface area contributed by atoms with Crippen LogP contribution >= 0.6 is 11.6 Å². The number of hydrogen-bond donors (Lipinski definition) is 1. The molecule has 0 aromatic heterocycles. The van der Waals surface area contributed by atoms with E-state index in [0.29, 0.717) is 34.4 Å². The molecule has 1 atom stereocenters. The van der Waals surface area contributed by atoms with Gasteiger partial charge in [-0.15, -0.1) is 0 Å². The topological polar surface area (TPSA) is 73.9 Å². The van der Waals surface area contributed by atoms with E-state index in [1.54, 1.807) is 42.5 Å². The van der Waals surface area contributed by atoms with Crippen molar-refractivity contribution < 1.29 is 23.8 Å². The predicted molar refractivity (Wildman–Crippen MR) is 99.1 cm³/mol. The standard InChI is InChI=1S/C19H20ClNO5/c1-4-25-15-8-5-13(6-9-15)19(23)26-12(2)18(22)21-16-11-14(20)7-10-17(16)24-3/h5-12H,4H2,1-3H3,(H,21,22)/t12-/m1/s1. The smallest absolute Gasteiger partial charge is 0.338 e. The van der Waals surface area contributed by atoms with Crippen LogP contribution in [0.5, 0.6) is 11.5 Å². The molecular weight excluding hydrogens is 358 g/mol. The van der Waals surface area contributed by atoms with E-state index in [4.69, 9.17) is 25.8 Å². The van der Waals surface area contributed by atoms with Crippen LogP contribution in [-0.4, -0.2) is 31.7 Å². The molecule has 0 unspecified atom stereocenters. The van der Waals surface area contributed by atoms with Crippen LogP contribution in [-0.2, 0) is 9.53 Å². The molecule has 7 heteroatoms. The SMILES string of the molecule is CCOc1ccc(C(=O)O[C@H](C)C(=O)Nc2cc(Cl)ccc2OC)cc1. The van der Waals surface area contributed by atoms with E-state index in [2.05, 4.69) is 5.32 Å². The Kier molecular flexibility index (Phi) is 6.86. The van der Waals surface area contributed by atoms with Crippen LogP contribution in [0.1, 0.15) is 24.2 Å². The van der Waals surface area contributed by atoms with Gasteiger partial charge in [0.2, 0.25) is 0 Å². The van der Waals surface area contributed by atoms with Gasteiger partial charge in [-0.1, -0.05) is 11.6 Å². The quantitative estimate of drug-likeness (QED) is 0.740. The zero-order chi connectivity index (χ0) is 19.1. The molecule has 0 aliphatic rings. The fraction of sp³-hybridized carbons (Fsp3) is 0.263. The number of ether oxygens (including phenoxy) is 3. The third kappa shape index (κ3) is 5.13. The van der Waals surface area contributed by atoms with Gasteiger partial charge in [0.1, 0.15) is 11.5 Å². The van der Waals surface area contributed by atoms with Gasteiger partial charge in [-0.2, -0.15) is 0 Å². The Morgan fingerprint density at radius 3 is 2.46 bits per heavy atom. The molecule has 138 valence electrons. The molecule has 0 saturated heterocycles. The number of anilines is 1. The monoisotopic (exact) mass is 377 g/mol. The fourth-order valence-electron chi connectivity index (χ4n) is 2.15. The summed E-state index contributed by atoms with van der Waals surface area (Å²) in [7, 11) is 1.48. The second kappa shape index (κ2) is 9.10. The minimum atomic E-state index is -1.00. The van der Waals surface area contributed by atoms with Crippen molar-refractivity contribution >= 4 is 29.2 Å². The van der Waals surface area contributed by atoms with Crippen LogP contribution in [0, 0.1) is 0 Å².